The van der Waals surface area contributed by atoms with Gasteiger partial charge in [0.15, 0.2) is 0 Å². The van der Waals surface area contributed by atoms with Crippen LogP contribution >= 0.6 is 11.8 Å². The number of hydrogen-bond acceptors (Lipinski definition) is 6. The lowest BCUT2D eigenvalue weighted by Gasteiger charge is -2.22. The Balaban J connectivity index is 1.55. The molecule has 4 rings (SSSR count). The Hall–Kier alpha value is -3.65. The molecule has 0 saturated carbocycles. The maximum absolute atomic E-state index is 13.2. The number of amides is 1. The molecule has 168 valence electrons. The Morgan fingerprint density at radius 1 is 1.00 bits per heavy atom. The summed E-state index contributed by atoms with van der Waals surface area (Å²) in [6.07, 6.45) is 0. The number of nitrogens with one attached hydrogen (secondary N) is 1. The van der Waals surface area contributed by atoms with E-state index in [1.807, 2.05) is 92.7 Å². The van der Waals surface area contributed by atoms with Crippen molar-refractivity contribution in [2.45, 2.75) is 30.3 Å². The lowest BCUT2D eigenvalue weighted by Crippen LogP contribution is -2.35. The molecule has 4 aromatic rings. The van der Waals surface area contributed by atoms with Gasteiger partial charge in [-0.1, -0.05) is 78.5 Å². The first-order chi connectivity index (χ1) is 16.1. The van der Waals surface area contributed by atoms with Crippen LogP contribution in [0.4, 0.5) is 0 Å². The van der Waals surface area contributed by atoms with Gasteiger partial charge < -0.3 is 10.1 Å². The third kappa shape index (κ3) is 5.23. The maximum atomic E-state index is 13.2. The van der Waals surface area contributed by atoms with Gasteiger partial charge in [0.2, 0.25) is 11.1 Å². The van der Waals surface area contributed by atoms with E-state index in [-0.39, 0.29) is 11.9 Å². The Kier molecular flexibility index (Phi) is 7.04. The van der Waals surface area contributed by atoms with Crippen LogP contribution in [0, 0.1) is 6.92 Å². The van der Waals surface area contributed by atoms with E-state index in [4.69, 9.17) is 4.74 Å². The van der Waals surface area contributed by atoms with E-state index >= 15 is 0 Å². The highest BCUT2D eigenvalue weighted by atomic mass is 32.2. The van der Waals surface area contributed by atoms with Crippen LogP contribution in [0.2, 0.25) is 0 Å². The molecule has 1 amide bonds. The predicted octanol–water partition coefficient (Wildman–Crippen LogP) is 4.37. The normalized spacial score (nSPS) is 11.9. The molecular formula is C25H25N5O2S. The summed E-state index contributed by atoms with van der Waals surface area (Å²) >= 11 is 1.30. The molecule has 0 aliphatic rings. The molecule has 1 aromatic heterocycles. The average Bonchev–Trinajstić information content (AvgIpc) is 3.31. The lowest BCUT2D eigenvalue weighted by molar-refractivity contribution is -0.120. The number of aryl methyl sites for hydroxylation is 1. The summed E-state index contributed by atoms with van der Waals surface area (Å²) in [5, 5.41) is 15.4. The lowest BCUT2D eigenvalue weighted by atomic mass is 9.98. The van der Waals surface area contributed by atoms with Crippen LogP contribution in [-0.2, 0) is 4.79 Å². The molecule has 0 bridgehead atoms. The molecule has 0 aliphatic heterocycles. The van der Waals surface area contributed by atoms with E-state index in [1.54, 1.807) is 11.8 Å². The first-order valence-corrected chi connectivity index (χ1v) is 11.4. The highest BCUT2D eigenvalue weighted by Gasteiger charge is 2.24. The molecule has 1 heterocycles. The summed E-state index contributed by atoms with van der Waals surface area (Å²) in [6.45, 7) is 3.84. The van der Waals surface area contributed by atoms with Crippen molar-refractivity contribution in [3.05, 3.63) is 95.6 Å². The van der Waals surface area contributed by atoms with E-state index in [0.717, 1.165) is 22.4 Å². The summed E-state index contributed by atoms with van der Waals surface area (Å²) in [4.78, 5) is 13.2. The van der Waals surface area contributed by atoms with Gasteiger partial charge in [-0.15, -0.1) is 5.10 Å². The van der Waals surface area contributed by atoms with Crippen LogP contribution in [0.1, 0.15) is 29.7 Å². The van der Waals surface area contributed by atoms with Crippen LogP contribution in [0.3, 0.4) is 0 Å². The van der Waals surface area contributed by atoms with Gasteiger partial charge in [-0.3, -0.25) is 4.79 Å². The zero-order valence-corrected chi connectivity index (χ0v) is 19.5. The second kappa shape index (κ2) is 10.3. The highest BCUT2D eigenvalue weighted by Crippen LogP contribution is 2.29. The molecule has 1 N–H and O–H groups in total. The number of aromatic nitrogens is 4. The minimum atomic E-state index is -0.430. The van der Waals surface area contributed by atoms with Gasteiger partial charge in [0.05, 0.1) is 18.4 Å². The van der Waals surface area contributed by atoms with Crippen LogP contribution in [0.15, 0.2) is 84.0 Å². The van der Waals surface area contributed by atoms with Gasteiger partial charge >= 0.3 is 0 Å². The number of benzene rings is 3. The van der Waals surface area contributed by atoms with Gasteiger partial charge in [-0.25, -0.2) is 0 Å². The third-order valence-corrected chi connectivity index (χ3v) is 6.24. The molecule has 1 atom stereocenters. The Bertz CT molecular complexity index is 1170. The molecule has 0 aliphatic carbocycles. The van der Waals surface area contributed by atoms with E-state index in [0.29, 0.717) is 10.9 Å². The maximum Gasteiger partial charge on any atom is 0.234 e. The fourth-order valence-corrected chi connectivity index (χ4v) is 4.30. The zero-order valence-electron chi connectivity index (χ0n) is 18.7. The summed E-state index contributed by atoms with van der Waals surface area (Å²) in [7, 11) is 1.61. The van der Waals surface area contributed by atoms with Gasteiger partial charge in [0.25, 0.3) is 0 Å². The first kappa shape index (κ1) is 22.5. The van der Waals surface area contributed by atoms with Crippen LogP contribution in [0.5, 0.6) is 5.75 Å². The third-order valence-electron chi connectivity index (χ3n) is 5.21. The summed E-state index contributed by atoms with van der Waals surface area (Å²) in [5.74, 6) is 0.545. The number of tetrazole rings is 1. The average molecular weight is 460 g/mol. The minimum absolute atomic E-state index is 0.108. The van der Waals surface area contributed by atoms with Crippen LogP contribution in [-0.4, -0.2) is 38.5 Å². The second-order valence-electron chi connectivity index (χ2n) is 7.57. The number of thioether (sulfide) groups is 1. The zero-order chi connectivity index (χ0) is 23.2. The molecule has 0 spiro atoms. The molecule has 0 saturated heterocycles. The number of carbonyl (C=O) groups excluding carboxylic acids is 1. The molecule has 0 radical (unpaired) electrons. The Labute approximate surface area is 197 Å². The largest absolute Gasteiger partial charge is 0.494 e. The van der Waals surface area contributed by atoms with Gasteiger partial charge in [-0.05, 0) is 53.1 Å². The molecule has 33 heavy (non-hydrogen) atoms. The first-order valence-electron chi connectivity index (χ1n) is 10.6. The van der Waals surface area contributed by atoms with Gasteiger partial charge in [-0.2, -0.15) is 4.68 Å². The fourth-order valence-electron chi connectivity index (χ4n) is 3.49. The Morgan fingerprint density at radius 2 is 1.64 bits per heavy atom. The smallest absolute Gasteiger partial charge is 0.234 e. The van der Waals surface area contributed by atoms with Crippen molar-refractivity contribution in [3.8, 4) is 11.4 Å². The number of hydrogen-bond donors (Lipinski definition) is 1. The van der Waals surface area contributed by atoms with Gasteiger partial charge in [0, 0.05) is 0 Å². The number of rotatable bonds is 8. The van der Waals surface area contributed by atoms with E-state index in [1.165, 1.54) is 11.8 Å². The van der Waals surface area contributed by atoms with Crippen molar-refractivity contribution in [1.29, 1.82) is 0 Å². The summed E-state index contributed by atoms with van der Waals surface area (Å²) in [5.41, 5.74) is 3.81. The number of methoxy groups -OCH3 is 1. The van der Waals surface area contributed by atoms with Crippen molar-refractivity contribution in [2.75, 3.05) is 7.11 Å². The topological polar surface area (TPSA) is 81.9 Å². The molecule has 0 unspecified atom stereocenters. The Morgan fingerprint density at radius 3 is 2.24 bits per heavy atom. The van der Waals surface area contributed by atoms with Crippen LogP contribution in [0.25, 0.3) is 5.69 Å². The predicted molar refractivity (Wildman–Crippen MR) is 129 cm³/mol. The highest BCUT2D eigenvalue weighted by molar-refractivity contribution is 8.00. The minimum Gasteiger partial charge on any atom is -0.494 e. The summed E-state index contributed by atoms with van der Waals surface area (Å²) in [6, 6.07) is 25.4. The quantitative estimate of drug-likeness (QED) is 0.394. The molecule has 8 heteroatoms. The molecule has 3 aromatic carbocycles. The number of nitrogens with zero attached hydrogens (tertiary/aromatic N) is 4. The van der Waals surface area contributed by atoms with Crippen molar-refractivity contribution < 1.29 is 9.53 Å². The summed E-state index contributed by atoms with van der Waals surface area (Å²) < 4.78 is 7.08. The number of carbonyl (C=O) groups is 1. The molecule has 7 nitrogen and oxygen atoms in total. The van der Waals surface area contributed by atoms with Crippen molar-refractivity contribution in [3.63, 3.8) is 0 Å². The van der Waals surface area contributed by atoms with Gasteiger partial charge in [0.1, 0.15) is 11.4 Å². The fraction of sp³-hybridized carbons (Fsp3) is 0.200. The van der Waals surface area contributed by atoms with E-state index in [2.05, 4.69) is 20.8 Å². The van der Waals surface area contributed by atoms with Crippen molar-refractivity contribution in [2.24, 2.45) is 0 Å². The monoisotopic (exact) mass is 459 g/mol. The van der Waals surface area contributed by atoms with Crippen molar-refractivity contribution >= 4 is 17.7 Å². The number of ether oxygens (including phenoxy) is 1. The van der Waals surface area contributed by atoms with E-state index in [9.17, 15) is 4.79 Å². The second-order valence-corrected chi connectivity index (χ2v) is 8.88. The molecule has 0 fully saturated rings. The van der Waals surface area contributed by atoms with Crippen LogP contribution < -0.4 is 10.1 Å². The van der Waals surface area contributed by atoms with Crippen molar-refractivity contribution in [1.82, 2.24) is 25.5 Å². The SMILES string of the molecule is COc1ccc(C)cc1-n1nnnc1S[C@H](C)C(=O)NC(c1ccccc1)c1ccccc1. The molecular weight excluding hydrogens is 434 g/mol. The van der Waals surface area contributed by atoms with E-state index < -0.39 is 5.25 Å². The standard InChI is InChI=1S/C25H25N5O2S/c1-17-14-15-22(32-3)21(16-17)30-25(27-28-29-30)33-18(2)24(31)26-23(19-10-6-4-7-11-19)20-12-8-5-9-13-20/h4-16,18,23H,1-3H3,(H,26,31)/t18-/m1/s1.